The van der Waals surface area contributed by atoms with Gasteiger partial charge in [-0.15, -0.1) is 0 Å². The Hall–Kier alpha value is -1.97. The van der Waals surface area contributed by atoms with Crippen LogP contribution in [0.2, 0.25) is 0 Å². The van der Waals surface area contributed by atoms with Crippen LogP contribution >= 0.6 is 0 Å². The number of benzene rings is 1. The molecule has 2 saturated heterocycles. The van der Waals surface area contributed by atoms with Gasteiger partial charge >= 0.3 is 0 Å². The molecule has 2 spiro atoms. The molecule has 8 rings (SSSR count). The average Bonchev–Trinajstić information content (AvgIpc) is 3.56. The van der Waals surface area contributed by atoms with Crippen LogP contribution in [0.5, 0.6) is 0 Å². The summed E-state index contributed by atoms with van der Waals surface area (Å²) in [6.07, 6.45) is 19.2. The zero-order chi connectivity index (χ0) is 21.8. The van der Waals surface area contributed by atoms with Gasteiger partial charge < -0.3 is 4.74 Å². The number of hydrogen-bond acceptors (Lipinski definition) is 3. The van der Waals surface area contributed by atoms with Gasteiger partial charge in [0.1, 0.15) is 0 Å². The van der Waals surface area contributed by atoms with Crippen molar-refractivity contribution in [2.75, 3.05) is 13.1 Å². The molecular weight excluding hydrogens is 404 g/mol. The monoisotopic (exact) mass is 438 g/mol. The summed E-state index contributed by atoms with van der Waals surface area (Å²) >= 11 is 0. The lowest BCUT2D eigenvalue weighted by Gasteiger charge is -2.54. The van der Waals surface area contributed by atoms with E-state index in [0.29, 0.717) is 11.8 Å². The van der Waals surface area contributed by atoms with Crippen molar-refractivity contribution >= 4 is 10.8 Å². The zero-order valence-corrected chi connectivity index (χ0v) is 19.7. The first kappa shape index (κ1) is 19.3. The van der Waals surface area contributed by atoms with Crippen LogP contribution < -0.4 is 0 Å². The van der Waals surface area contributed by atoms with E-state index < -0.39 is 0 Å². The summed E-state index contributed by atoms with van der Waals surface area (Å²) in [5.41, 5.74) is 4.94. The van der Waals surface area contributed by atoms with Crippen molar-refractivity contribution in [2.24, 2.45) is 11.3 Å². The molecule has 3 nitrogen and oxygen atoms in total. The quantitative estimate of drug-likeness (QED) is 0.525. The van der Waals surface area contributed by atoms with Crippen molar-refractivity contribution in [3.63, 3.8) is 0 Å². The fraction of sp³-hybridized carbons (Fsp3) is 0.567. The third kappa shape index (κ3) is 2.51. The first-order valence-electron chi connectivity index (χ1n) is 13.3. The van der Waals surface area contributed by atoms with E-state index >= 15 is 0 Å². The minimum absolute atomic E-state index is 0.0355. The van der Waals surface area contributed by atoms with Crippen LogP contribution in [0.15, 0.2) is 60.0 Å². The number of allylic oxidation sites excluding steroid dienone is 1. The van der Waals surface area contributed by atoms with Gasteiger partial charge in [0.2, 0.25) is 0 Å². The van der Waals surface area contributed by atoms with E-state index in [1.165, 1.54) is 80.8 Å². The van der Waals surface area contributed by atoms with Gasteiger partial charge in [-0.2, -0.15) is 0 Å². The lowest BCUT2D eigenvalue weighted by atomic mass is 9.58. The van der Waals surface area contributed by atoms with E-state index in [2.05, 4.69) is 53.2 Å². The van der Waals surface area contributed by atoms with E-state index in [1.807, 2.05) is 12.4 Å². The Balaban J connectivity index is 1.18. The zero-order valence-electron chi connectivity index (χ0n) is 19.7. The molecule has 0 radical (unpaired) electrons. The molecule has 4 heterocycles. The fourth-order valence-corrected chi connectivity index (χ4v) is 8.98. The normalized spacial score (nSPS) is 43.5. The molecule has 6 atom stereocenters. The lowest BCUT2D eigenvalue weighted by molar-refractivity contribution is -0.138. The first-order valence-corrected chi connectivity index (χ1v) is 13.3. The van der Waals surface area contributed by atoms with Gasteiger partial charge in [-0.1, -0.05) is 31.2 Å². The molecule has 0 N–H and O–H groups in total. The maximum atomic E-state index is 7.45. The number of nitrogens with zero attached hydrogens (tertiary/aromatic N) is 2. The Labute approximate surface area is 196 Å². The highest BCUT2D eigenvalue weighted by Gasteiger charge is 2.66. The molecule has 2 bridgehead atoms. The van der Waals surface area contributed by atoms with Crippen molar-refractivity contribution in [2.45, 2.75) is 81.5 Å². The Kier molecular flexibility index (Phi) is 3.73. The lowest BCUT2D eigenvalue weighted by Crippen LogP contribution is -2.54. The largest absolute Gasteiger partial charge is 0.359 e. The van der Waals surface area contributed by atoms with Crippen LogP contribution in [0.3, 0.4) is 0 Å². The smallest absolute Gasteiger partial charge is 0.0974 e. The van der Waals surface area contributed by atoms with E-state index in [-0.39, 0.29) is 16.6 Å². The summed E-state index contributed by atoms with van der Waals surface area (Å²) in [6, 6.07) is 9.99. The van der Waals surface area contributed by atoms with Crippen molar-refractivity contribution in [1.29, 1.82) is 0 Å². The second-order valence-electron chi connectivity index (χ2n) is 12.1. The van der Waals surface area contributed by atoms with Crippen LogP contribution in [0.4, 0.5) is 0 Å². The molecule has 3 heteroatoms. The predicted molar refractivity (Wildman–Crippen MR) is 131 cm³/mol. The molecule has 0 amide bonds. The van der Waals surface area contributed by atoms with Crippen molar-refractivity contribution < 1.29 is 4.74 Å². The molecule has 33 heavy (non-hydrogen) atoms. The summed E-state index contributed by atoms with van der Waals surface area (Å²) < 4.78 is 7.45. The Morgan fingerprint density at radius 1 is 1.06 bits per heavy atom. The summed E-state index contributed by atoms with van der Waals surface area (Å²) in [5.74, 6) is 1.22. The van der Waals surface area contributed by atoms with Crippen LogP contribution in [-0.4, -0.2) is 40.2 Å². The van der Waals surface area contributed by atoms with E-state index in [9.17, 15) is 0 Å². The maximum absolute atomic E-state index is 7.45. The average molecular weight is 439 g/mol. The highest BCUT2D eigenvalue weighted by Crippen LogP contribution is 2.69. The summed E-state index contributed by atoms with van der Waals surface area (Å²) in [6.45, 7) is 5.19. The van der Waals surface area contributed by atoms with Gasteiger partial charge in [-0.05, 0) is 103 Å². The summed E-state index contributed by atoms with van der Waals surface area (Å²) in [4.78, 5) is 7.06. The third-order valence-corrected chi connectivity index (χ3v) is 10.7. The van der Waals surface area contributed by atoms with Crippen molar-refractivity contribution in [3.05, 3.63) is 65.5 Å². The van der Waals surface area contributed by atoms with Crippen LogP contribution in [0.25, 0.3) is 10.8 Å². The van der Waals surface area contributed by atoms with Gasteiger partial charge in [0.15, 0.2) is 0 Å². The Morgan fingerprint density at radius 3 is 2.91 bits per heavy atom. The van der Waals surface area contributed by atoms with Gasteiger partial charge in [-0.3, -0.25) is 9.88 Å². The molecule has 2 saturated carbocycles. The van der Waals surface area contributed by atoms with Crippen LogP contribution in [-0.2, 0) is 4.74 Å². The third-order valence-electron chi connectivity index (χ3n) is 10.7. The van der Waals surface area contributed by atoms with E-state index in [4.69, 9.17) is 4.74 Å². The topological polar surface area (TPSA) is 25.1 Å². The molecule has 4 fully saturated rings. The van der Waals surface area contributed by atoms with Gasteiger partial charge in [0, 0.05) is 36.9 Å². The Bertz CT molecular complexity index is 1230. The molecule has 2 aromatic rings. The number of aromatic nitrogens is 1. The van der Waals surface area contributed by atoms with Gasteiger partial charge in [0.25, 0.3) is 0 Å². The van der Waals surface area contributed by atoms with Gasteiger partial charge in [-0.25, -0.2) is 0 Å². The predicted octanol–water partition coefficient (Wildman–Crippen LogP) is 6.16. The highest BCUT2D eigenvalue weighted by molar-refractivity contribution is 5.82. The van der Waals surface area contributed by atoms with Crippen LogP contribution in [0.1, 0.15) is 69.8 Å². The minimum atomic E-state index is -0.0373. The molecule has 1 aromatic heterocycles. The molecule has 3 aliphatic carbocycles. The SMILES string of the molecule is CC12CC=C3C=C4CCC(N5CC5)CC45CC[C@]3(O5)C1CCC2c1ccc2ccncc2c1. The van der Waals surface area contributed by atoms with E-state index in [1.54, 1.807) is 11.1 Å². The highest BCUT2D eigenvalue weighted by atomic mass is 16.5. The molecule has 170 valence electrons. The molecule has 6 aliphatic rings. The number of hydrogen-bond donors (Lipinski definition) is 0. The Morgan fingerprint density at radius 2 is 2.00 bits per heavy atom. The molecule has 3 aliphatic heterocycles. The molecular formula is C30H34N2O. The van der Waals surface area contributed by atoms with E-state index in [0.717, 1.165) is 6.04 Å². The molecule has 5 unspecified atom stereocenters. The number of ether oxygens (including phenoxy) is 1. The van der Waals surface area contributed by atoms with Crippen molar-refractivity contribution in [1.82, 2.24) is 9.88 Å². The summed E-state index contributed by atoms with van der Waals surface area (Å²) in [5, 5.41) is 2.57. The second kappa shape index (κ2) is 6.37. The number of fused-ring (bicyclic) bond motifs is 2. The van der Waals surface area contributed by atoms with Crippen molar-refractivity contribution in [3.8, 4) is 0 Å². The maximum Gasteiger partial charge on any atom is 0.0974 e. The standard InChI is InChI=1S/C30H34N2O/c1-28-10-8-24-17-23-4-5-25(32-14-15-32)18-29(23)11-12-30(24,33-29)27(28)7-6-26(28)21-3-2-20-9-13-31-19-22(20)16-21/h2-3,8-9,13,16-17,19,25-27H,4-7,10-12,14-15,18H2,1H3/t25?,26?,27?,28?,29?,30-/m1/s1. The minimum Gasteiger partial charge on any atom is -0.359 e. The van der Waals surface area contributed by atoms with Gasteiger partial charge in [0.05, 0.1) is 11.2 Å². The molecule has 1 aromatic carbocycles. The first-order chi connectivity index (χ1) is 16.1. The summed E-state index contributed by atoms with van der Waals surface area (Å²) in [7, 11) is 0. The van der Waals surface area contributed by atoms with Crippen LogP contribution in [0, 0.1) is 11.3 Å². The second-order valence-corrected chi connectivity index (χ2v) is 12.1. The fourth-order valence-electron chi connectivity index (χ4n) is 8.98. The number of rotatable bonds is 2. The number of pyridine rings is 1.